The summed E-state index contributed by atoms with van der Waals surface area (Å²) < 4.78 is 0. The number of thiophene rings is 1. The zero-order chi connectivity index (χ0) is 17.4. The summed E-state index contributed by atoms with van der Waals surface area (Å²) >= 11 is 8.53. The van der Waals surface area contributed by atoms with Crippen LogP contribution in [-0.2, 0) is 17.0 Å². The Balaban J connectivity index is 1.74. The fourth-order valence-corrected chi connectivity index (χ4v) is 3.97. The average Bonchev–Trinajstić information content (AvgIpc) is 3.08. The molecule has 0 aliphatic heterocycles. The molecule has 0 radical (unpaired) electrons. The van der Waals surface area contributed by atoms with E-state index in [0.29, 0.717) is 10.9 Å². The van der Waals surface area contributed by atoms with Gasteiger partial charge in [-0.25, -0.2) is 0 Å². The van der Waals surface area contributed by atoms with Crippen LogP contribution in [0.15, 0.2) is 35.7 Å². The quantitative estimate of drug-likeness (QED) is 0.525. The molecular formula is C17H21N3OS3. The molecule has 0 saturated heterocycles. The molecular weight excluding hydrogens is 358 g/mol. The van der Waals surface area contributed by atoms with Gasteiger partial charge in [-0.2, -0.15) is 0 Å². The number of benzene rings is 1. The first-order chi connectivity index (χ1) is 11.6. The van der Waals surface area contributed by atoms with Gasteiger partial charge < -0.3 is 5.32 Å². The van der Waals surface area contributed by atoms with Crippen LogP contribution >= 0.6 is 35.3 Å². The Hall–Kier alpha value is -1.57. The van der Waals surface area contributed by atoms with Gasteiger partial charge in [0, 0.05) is 16.3 Å². The predicted molar refractivity (Wildman–Crippen MR) is 109 cm³/mol. The van der Waals surface area contributed by atoms with Crippen molar-refractivity contribution >= 4 is 52.0 Å². The number of anilines is 1. The molecule has 0 unspecified atom stereocenters. The number of carbonyl (C=O) groups is 1. The molecule has 128 valence electrons. The largest absolute Gasteiger partial charge is 0.331 e. The Labute approximate surface area is 156 Å². The van der Waals surface area contributed by atoms with Crippen LogP contribution in [0.25, 0.3) is 0 Å². The summed E-state index contributed by atoms with van der Waals surface area (Å²) in [5.41, 5.74) is 8.70. The first-order valence-electron chi connectivity index (χ1n) is 7.64. The van der Waals surface area contributed by atoms with Crippen LogP contribution in [0.2, 0.25) is 0 Å². The van der Waals surface area contributed by atoms with E-state index in [1.165, 1.54) is 10.4 Å². The monoisotopic (exact) mass is 379 g/mol. The molecule has 0 atom stereocenters. The van der Waals surface area contributed by atoms with Crippen LogP contribution in [0, 0.1) is 6.92 Å². The van der Waals surface area contributed by atoms with E-state index in [1.807, 2.05) is 30.5 Å². The molecule has 2 aromatic rings. The van der Waals surface area contributed by atoms with Gasteiger partial charge in [0.05, 0.1) is 5.75 Å². The fourth-order valence-electron chi connectivity index (χ4n) is 2.15. The van der Waals surface area contributed by atoms with Crippen LogP contribution in [0.5, 0.6) is 0 Å². The van der Waals surface area contributed by atoms with Crippen molar-refractivity contribution < 1.29 is 4.79 Å². The highest BCUT2D eigenvalue weighted by atomic mass is 32.2. The average molecular weight is 380 g/mol. The van der Waals surface area contributed by atoms with Crippen molar-refractivity contribution in [3.63, 3.8) is 0 Å². The van der Waals surface area contributed by atoms with E-state index in [1.54, 1.807) is 23.1 Å². The minimum Gasteiger partial charge on any atom is -0.331 e. The van der Waals surface area contributed by atoms with E-state index in [-0.39, 0.29) is 5.91 Å². The minimum absolute atomic E-state index is 0.0961. The maximum atomic E-state index is 11.8. The smallest absolute Gasteiger partial charge is 0.248 e. The molecule has 0 fully saturated rings. The van der Waals surface area contributed by atoms with Gasteiger partial charge in [-0.15, -0.1) is 23.1 Å². The SMILES string of the molecule is CCc1cccc(C)c1NC(=S)NNC(=O)CSCc1cccs1. The van der Waals surface area contributed by atoms with Gasteiger partial charge >= 0.3 is 0 Å². The third-order valence-electron chi connectivity index (χ3n) is 3.35. The third kappa shape index (κ3) is 5.81. The highest BCUT2D eigenvalue weighted by molar-refractivity contribution is 7.99. The summed E-state index contributed by atoms with van der Waals surface area (Å²) in [6.07, 6.45) is 0.915. The van der Waals surface area contributed by atoms with E-state index in [0.717, 1.165) is 23.4 Å². The maximum Gasteiger partial charge on any atom is 0.248 e. The Morgan fingerprint density at radius 2 is 2.08 bits per heavy atom. The van der Waals surface area contributed by atoms with E-state index >= 15 is 0 Å². The number of hydrazine groups is 1. The number of rotatable bonds is 6. The van der Waals surface area contributed by atoms with Crippen molar-refractivity contribution in [2.24, 2.45) is 0 Å². The summed E-state index contributed by atoms with van der Waals surface area (Å²) in [6, 6.07) is 10.2. The zero-order valence-electron chi connectivity index (χ0n) is 13.7. The van der Waals surface area contributed by atoms with E-state index < -0.39 is 0 Å². The second kappa shape index (κ2) is 9.66. The summed E-state index contributed by atoms with van der Waals surface area (Å²) in [5, 5.41) is 5.59. The molecule has 3 N–H and O–H groups in total. The van der Waals surface area contributed by atoms with Crippen molar-refractivity contribution in [2.45, 2.75) is 26.0 Å². The molecule has 4 nitrogen and oxygen atoms in total. The Morgan fingerprint density at radius 3 is 2.79 bits per heavy atom. The standard InChI is InChI=1S/C17H21N3OS3/c1-3-13-7-4-6-12(2)16(13)18-17(22)20-19-15(21)11-23-10-14-8-5-9-24-14/h4-9H,3,10-11H2,1-2H3,(H,19,21)(H2,18,20,22). The van der Waals surface area contributed by atoms with Crippen molar-refractivity contribution in [1.82, 2.24) is 10.9 Å². The van der Waals surface area contributed by atoms with Crippen molar-refractivity contribution in [3.05, 3.63) is 51.7 Å². The molecule has 1 amide bonds. The molecule has 7 heteroatoms. The number of hydrogen-bond acceptors (Lipinski definition) is 4. The molecule has 0 saturated carbocycles. The Bertz CT molecular complexity index is 686. The number of thiocarbonyl (C=S) groups is 1. The number of nitrogens with one attached hydrogen (secondary N) is 3. The molecule has 0 aliphatic carbocycles. The third-order valence-corrected chi connectivity index (χ3v) is 5.60. The van der Waals surface area contributed by atoms with Crippen molar-refractivity contribution in [2.75, 3.05) is 11.1 Å². The lowest BCUT2D eigenvalue weighted by Crippen LogP contribution is -2.44. The van der Waals surface area contributed by atoms with Gasteiger partial charge in [-0.3, -0.25) is 15.6 Å². The maximum absolute atomic E-state index is 11.8. The normalized spacial score (nSPS) is 10.2. The first kappa shape index (κ1) is 18.8. The van der Waals surface area contributed by atoms with Crippen molar-refractivity contribution in [1.29, 1.82) is 0 Å². The lowest BCUT2D eigenvalue weighted by molar-refractivity contribution is -0.119. The van der Waals surface area contributed by atoms with Gasteiger partial charge in [-0.1, -0.05) is 31.2 Å². The van der Waals surface area contributed by atoms with Gasteiger partial charge in [0.15, 0.2) is 5.11 Å². The van der Waals surface area contributed by atoms with Crippen LogP contribution in [0.3, 0.4) is 0 Å². The van der Waals surface area contributed by atoms with Gasteiger partial charge in [0.1, 0.15) is 0 Å². The topological polar surface area (TPSA) is 53.2 Å². The van der Waals surface area contributed by atoms with Crippen LogP contribution in [0.1, 0.15) is 22.9 Å². The Morgan fingerprint density at radius 1 is 1.25 bits per heavy atom. The van der Waals surface area contributed by atoms with Crippen LogP contribution in [-0.4, -0.2) is 16.8 Å². The molecule has 24 heavy (non-hydrogen) atoms. The summed E-state index contributed by atoms with van der Waals surface area (Å²) in [5.74, 6) is 1.13. The first-order valence-corrected chi connectivity index (χ1v) is 10.1. The van der Waals surface area contributed by atoms with Crippen LogP contribution in [0.4, 0.5) is 5.69 Å². The number of aryl methyl sites for hydroxylation is 2. The minimum atomic E-state index is -0.0961. The Kier molecular flexibility index (Phi) is 7.55. The molecule has 0 aliphatic rings. The molecule has 1 heterocycles. The van der Waals surface area contributed by atoms with E-state index in [4.69, 9.17) is 12.2 Å². The predicted octanol–water partition coefficient (Wildman–Crippen LogP) is 3.87. The number of thioether (sulfide) groups is 1. The number of para-hydroxylation sites is 1. The van der Waals surface area contributed by atoms with Gasteiger partial charge in [-0.05, 0) is 48.1 Å². The number of hydrogen-bond donors (Lipinski definition) is 3. The molecule has 1 aromatic heterocycles. The molecule has 2 rings (SSSR count). The highest BCUT2D eigenvalue weighted by Gasteiger charge is 2.07. The molecule has 1 aromatic carbocycles. The van der Waals surface area contributed by atoms with E-state index in [9.17, 15) is 4.79 Å². The van der Waals surface area contributed by atoms with Crippen LogP contribution < -0.4 is 16.2 Å². The number of amides is 1. The summed E-state index contributed by atoms with van der Waals surface area (Å²) in [7, 11) is 0. The van der Waals surface area contributed by atoms with Gasteiger partial charge in [0.2, 0.25) is 5.91 Å². The summed E-state index contributed by atoms with van der Waals surface area (Å²) in [4.78, 5) is 13.1. The molecule has 0 spiro atoms. The lowest BCUT2D eigenvalue weighted by atomic mass is 10.1. The highest BCUT2D eigenvalue weighted by Crippen LogP contribution is 2.20. The second-order valence-corrected chi connectivity index (χ2v) is 7.59. The number of carbonyl (C=O) groups excluding carboxylic acids is 1. The van der Waals surface area contributed by atoms with Gasteiger partial charge in [0.25, 0.3) is 0 Å². The lowest BCUT2D eigenvalue weighted by Gasteiger charge is -2.16. The summed E-state index contributed by atoms with van der Waals surface area (Å²) in [6.45, 7) is 4.13. The second-order valence-electron chi connectivity index (χ2n) is 5.16. The van der Waals surface area contributed by atoms with E-state index in [2.05, 4.69) is 35.2 Å². The molecule has 0 bridgehead atoms. The fraction of sp³-hybridized carbons (Fsp3) is 0.294. The van der Waals surface area contributed by atoms with Crippen molar-refractivity contribution in [3.8, 4) is 0 Å². The zero-order valence-corrected chi connectivity index (χ0v) is 16.2.